The molecule has 2 aliphatic rings. The highest BCUT2D eigenvalue weighted by Crippen LogP contribution is 2.29. The van der Waals surface area contributed by atoms with Gasteiger partial charge in [-0.15, -0.1) is 0 Å². The van der Waals surface area contributed by atoms with Crippen molar-refractivity contribution in [1.29, 1.82) is 0 Å². The third-order valence-electron chi connectivity index (χ3n) is 4.02. The maximum absolute atomic E-state index is 11.8. The second-order valence-electron chi connectivity index (χ2n) is 5.51. The van der Waals surface area contributed by atoms with Gasteiger partial charge in [0, 0.05) is 19.4 Å². The Morgan fingerprint density at radius 3 is 2.84 bits per heavy atom. The summed E-state index contributed by atoms with van der Waals surface area (Å²) in [4.78, 5) is 16.2. The summed E-state index contributed by atoms with van der Waals surface area (Å²) < 4.78 is 10.9. The number of hydrogen-bond acceptors (Lipinski definition) is 5. The van der Waals surface area contributed by atoms with Gasteiger partial charge in [-0.3, -0.25) is 4.79 Å². The first kappa shape index (κ1) is 12.8. The summed E-state index contributed by atoms with van der Waals surface area (Å²) in [6.45, 7) is 0.830. The summed E-state index contributed by atoms with van der Waals surface area (Å²) in [7, 11) is 0. The largest absolute Gasteiger partial charge is 0.378 e. The van der Waals surface area contributed by atoms with Crippen LogP contribution in [0, 0.1) is 0 Å². The van der Waals surface area contributed by atoms with Crippen LogP contribution < -0.4 is 0 Å². The lowest BCUT2D eigenvalue weighted by Gasteiger charge is -2.20. The van der Waals surface area contributed by atoms with Gasteiger partial charge in [0.1, 0.15) is 5.78 Å². The van der Waals surface area contributed by atoms with Crippen LogP contribution in [0.25, 0.3) is 0 Å². The number of carbonyl (C=O) groups is 1. The van der Waals surface area contributed by atoms with E-state index in [0.29, 0.717) is 24.6 Å². The molecule has 0 aromatic carbocycles. The van der Waals surface area contributed by atoms with Crippen LogP contribution in [-0.2, 0) is 16.0 Å². The predicted molar refractivity (Wildman–Crippen MR) is 67.8 cm³/mol. The van der Waals surface area contributed by atoms with Gasteiger partial charge >= 0.3 is 0 Å². The van der Waals surface area contributed by atoms with Gasteiger partial charge in [0.15, 0.2) is 5.82 Å². The smallest absolute Gasteiger partial charge is 0.237 e. The van der Waals surface area contributed by atoms with E-state index in [1.165, 1.54) is 6.42 Å². The molecule has 1 aliphatic carbocycles. The van der Waals surface area contributed by atoms with E-state index in [1.807, 2.05) is 0 Å². The number of nitrogens with zero attached hydrogens (tertiary/aromatic N) is 2. The molecular weight excluding hydrogens is 244 g/mol. The van der Waals surface area contributed by atoms with E-state index in [0.717, 1.165) is 38.7 Å². The quantitative estimate of drug-likeness (QED) is 0.838. The normalized spacial score (nSPS) is 28.5. The fraction of sp³-hybridized carbons (Fsp3) is 0.786. The summed E-state index contributed by atoms with van der Waals surface area (Å²) in [5.74, 6) is 1.27. The topological polar surface area (TPSA) is 65.2 Å². The van der Waals surface area contributed by atoms with Crippen LogP contribution in [0.15, 0.2) is 4.52 Å². The molecule has 0 spiro atoms. The van der Waals surface area contributed by atoms with Gasteiger partial charge in [-0.1, -0.05) is 11.6 Å². The summed E-state index contributed by atoms with van der Waals surface area (Å²) in [6, 6.07) is 0. The summed E-state index contributed by atoms with van der Waals surface area (Å²) in [5, 5.41) is 4.00. The Kier molecular flexibility index (Phi) is 3.92. The van der Waals surface area contributed by atoms with Crippen molar-refractivity contribution in [2.24, 2.45) is 0 Å². The minimum atomic E-state index is -0.165. The number of ether oxygens (including phenoxy) is 1. The first-order chi connectivity index (χ1) is 9.33. The summed E-state index contributed by atoms with van der Waals surface area (Å²) in [5.41, 5.74) is 0. The molecule has 5 heteroatoms. The SMILES string of the molecule is O=C1CCCCC1c1nc(CC2CCCCO2)no1. The van der Waals surface area contributed by atoms with Crippen molar-refractivity contribution in [3.8, 4) is 0 Å². The van der Waals surface area contributed by atoms with Crippen LogP contribution in [0.5, 0.6) is 0 Å². The third kappa shape index (κ3) is 3.03. The van der Waals surface area contributed by atoms with Crippen molar-refractivity contribution in [2.75, 3.05) is 6.61 Å². The van der Waals surface area contributed by atoms with Gasteiger partial charge in [-0.05, 0) is 32.1 Å². The van der Waals surface area contributed by atoms with Crippen LogP contribution >= 0.6 is 0 Å². The van der Waals surface area contributed by atoms with E-state index in [-0.39, 0.29) is 17.8 Å². The van der Waals surface area contributed by atoms with Crippen molar-refractivity contribution in [1.82, 2.24) is 10.1 Å². The number of rotatable bonds is 3. The first-order valence-corrected chi connectivity index (χ1v) is 7.30. The lowest BCUT2D eigenvalue weighted by Crippen LogP contribution is -2.22. The standard InChI is InChI=1S/C14H20N2O3/c17-12-7-2-1-6-11(12)14-15-13(16-19-14)9-10-5-3-4-8-18-10/h10-11H,1-9H2. The van der Waals surface area contributed by atoms with Gasteiger partial charge in [-0.25, -0.2) is 0 Å². The van der Waals surface area contributed by atoms with Crippen molar-refractivity contribution in [3.05, 3.63) is 11.7 Å². The molecule has 1 aromatic rings. The second kappa shape index (κ2) is 5.82. The van der Waals surface area contributed by atoms with Crippen LogP contribution in [-0.4, -0.2) is 28.6 Å². The molecule has 1 saturated carbocycles. The zero-order valence-electron chi connectivity index (χ0n) is 11.1. The Labute approximate surface area is 112 Å². The Morgan fingerprint density at radius 2 is 2.05 bits per heavy atom. The van der Waals surface area contributed by atoms with E-state index in [4.69, 9.17) is 9.26 Å². The highest BCUT2D eigenvalue weighted by Gasteiger charge is 2.29. The Bertz CT molecular complexity index is 438. The summed E-state index contributed by atoms with van der Waals surface area (Å²) in [6.07, 6.45) is 7.87. The fourth-order valence-electron chi connectivity index (χ4n) is 2.91. The van der Waals surface area contributed by atoms with Crippen LogP contribution in [0.2, 0.25) is 0 Å². The Morgan fingerprint density at radius 1 is 1.16 bits per heavy atom. The van der Waals surface area contributed by atoms with Gasteiger partial charge in [0.2, 0.25) is 5.89 Å². The number of carbonyl (C=O) groups excluding carboxylic acids is 1. The molecule has 1 aliphatic heterocycles. The molecule has 2 heterocycles. The van der Waals surface area contributed by atoms with Crippen molar-refractivity contribution >= 4 is 5.78 Å². The van der Waals surface area contributed by atoms with Crippen LogP contribution in [0.4, 0.5) is 0 Å². The van der Waals surface area contributed by atoms with Crippen molar-refractivity contribution in [3.63, 3.8) is 0 Å². The number of aromatic nitrogens is 2. The molecule has 0 radical (unpaired) electrons. The van der Waals surface area contributed by atoms with Gasteiger partial charge < -0.3 is 9.26 Å². The molecule has 2 unspecified atom stereocenters. The number of Topliss-reactive ketones (excluding diaryl/α,β-unsaturated/α-hetero) is 1. The van der Waals surface area contributed by atoms with Crippen LogP contribution in [0.3, 0.4) is 0 Å². The van der Waals surface area contributed by atoms with Crippen molar-refractivity contribution in [2.45, 2.75) is 63.4 Å². The van der Waals surface area contributed by atoms with Crippen LogP contribution in [0.1, 0.15) is 62.6 Å². The zero-order chi connectivity index (χ0) is 13.1. The van der Waals surface area contributed by atoms with E-state index < -0.39 is 0 Å². The van der Waals surface area contributed by atoms with E-state index >= 15 is 0 Å². The van der Waals surface area contributed by atoms with Crippen molar-refractivity contribution < 1.29 is 14.1 Å². The van der Waals surface area contributed by atoms with E-state index in [1.54, 1.807) is 0 Å². The molecule has 0 bridgehead atoms. The molecule has 19 heavy (non-hydrogen) atoms. The van der Waals surface area contributed by atoms with Gasteiger partial charge in [0.05, 0.1) is 12.0 Å². The number of ketones is 1. The number of hydrogen-bond donors (Lipinski definition) is 0. The molecule has 5 nitrogen and oxygen atoms in total. The van der Waals surface area contributed by atoms with Gasteiger partial charge in [-0.2, -0.15) is 4.98 Å². The zero-order valence-corrected chi connectivity index (χ0v) is 11.1. The second-order valence-corrected chi connectivity index (χ2v) is 5.51. The highest BCUT2D eigenvalue weighted by atomic mass is 16.5. The lowest BCUT2D eigenvalue weighted by atomic mass is 9.88. The lowest BCUT2D eigenvalue weighted by molar-refractivity contribution is -0.122. The molecule has 104 valence electrons. The third-order valence-corrected chi connectivity index (χ3v) is 4.02. The average molecular weight is 264 g/mol. The molecule has 3 rings (SSSR count). The Hall–Kier alpha value is -1.23. The van der Waals surface area contributed by atoms with E-state index in [2.05, 4.69) is 10.1 Å². The maximum Gasteiger partial charge on any atom is 0.237 e. The maximum atomic E-state index is 11.8. The molecule has 1 saturated heterocycles. The molecule has 0 N–H and O–H groups in total. The molecular formula is C14H20N2O3. The molecule has 2 atom stereocenters. The fourth-order valence-corrected chi connectivity index (χ4v) is 2.91. The molecule has 2 fully saturated rings. The Balaban J connectivity index is 1.63. The molecule has 1 aromatic heterocycles. The minimum absolute atomic E-state index is 0.165. The highest BCUT2D eigenvalue weighted by molar-refractivity contribution is 5.85. The van der Waals surface area contributed by atoms with E-state index in [9.17, 15) is 4.79 Å². The average Bonchev–Trinajstić information content (AvgIpc) is 2.89. The van der Waals surface area contributed by atoms with Gasteiger partial charge in [0.25, 0.3) is 0 Å². The predicted octanol–water partition coefficient (Wildman–Crippen LogP) is 2.41. The monoisotopic (exact) mass is 264 g/mol. The minimum Gasteiger partial charge on any atom is -0.378 e. The first-order valence-electron chi connectivity index (χ1n) is 7.30. The molecule has 0 amide bonds. The summed E-state index contributed by atoms with van der Waals surface area (Å²) >= 11 is 0.